The summed E-state index contributed by atoms with van der Waals surface area (Å²) < 4.78 is 27.7. The summed E-state index contributed by atoms with van der Waals surface area (Å²) in [6.45, 7) is 6.37. The van der Waals surface area contributed by atoms with E-state index in [4.69, 9.17) is 0 Å². The fourth-order valence-corrected chi connectivity index (χ4v) is 4.07. The van der Waals surface area contributed by atoms with Crippen molar-refractivity contribution in [1.29, 1.82) is 0 Å². The van der Waals surface area contributed by atoms with Crippen LogP contribution in [0.1, 0.15) is 38.7 Å². The molecule has 0 saturated carbocycles. The van der Waals surface area contributed by atoms with Gasteiger partial charge in [-0.1, -0.05) is 12.1 Å². The van der Waals surface area contributed by atoms with Crippen LogP contribution in [-0.2, 0) is 16.8 Å². The van der Waals surface area contributed by atoms with Crippen LogP contribution < -0.4 is 4.90 Å². The predicted octanol–water partition coefficient (Wildman–Crippen LogP) is 2.69. The third kappa shape index (κ3) is 4.46. The van der Waals surface area contributed by atoms with Crippen LogP contribution in [-0.4, -0.2) is 50.3 Å². The molecule has 130 valence electrons. The molecule has 2 rings (SSSR count). The van der Waals surface area contributed by atoms with Crippen LogP contribution in [0.15, 0.2) is 24.3 Å². The molecule has 0 spiro atoms. The SMILES string of the molecule is CC(C)N(C)S(=O)(=O)N(C)Cc1ccc(N2CCCCC2)cc1. The van der Waals surface area contributed by atoms with Gasteiger partial charge in [0.2, 0.25) is 0 Å². The van der Waals surface area contributed by atoms with Crippen LogP contribution in [0.2, 0.25) is 0 Å². The van der Waals surface area contributed by atoms with Crippen molar-refractivity contribution >= 4 is 15.9 Å². The lowest BCUT2D eigenvalue weighted by molar-refractivity contribution is 0.355. The fraction of sp³-hybridized carbons (Fsp3) is 0.647. The van der Waals surface area contributed by atoms with Gasteiger partial charge < -0.3 is 4.90 Å². The highest BCUT2D eigenvalue weighted by molar-refractivity contribution is 7.86. The van der Waals surface area contributed by atoms with Crippen LogP contribution in [0.4, 0.5) is 5.69 Å². The average molecular weight is 340 g/mol. The molecule has 0 aliphatic carbocycles. The van der Waals surface area contributed by atoms with Crippen LogP contribution in [0, 0.1) is 0 Å². The molecule has 6 heteroatoms. The molecule has 1 heterocycles. The van der Waals surface area contributed by atoms with Crippen molar-refractivity contribution in [3.05, 3.63) is 29.8 Å². The predicted molar refractivity (Wildman–Crippen MR) is 95.8 cm³/mol. The Labute approximate surface area is 141 Å². The molecule has 23 heavy (non-hydrogen) atoms. The molecule has 0 radical (unpaired) electrons. The topological polar surface area (TPSA) is 43.9 Å². The highest BCUT2D eigenvalue weighted by Crippen LogP contribution is 2.21. The van der Waals surface area contributed by atoms with Crippen molar-refractivity contribution in [3.63, 3.8) is 0 Å². The van der Waals surface area contributed by atoms with E-state index in [0.717, 1.165) is 18.7 Å². The summed E-state index contributed by atoms with van der Waals surface area (Å²) in [6, 6.07) is 8.22. The number of rotatable bonds is 6. The number of hydrogen-bond donors (Lipinski definition) is 0. The monoisotopic (exact) mass is 339 g/mol. The second-order valence-electron chi connectivity index (χ2n) is 6.59. The maximum Gasteiger partial charge on any atom is 0.282 e. The lowest BCUT2D eigenvalue weighted by Gasteiger charge is -2.29. The second kappa shape index (κ2) is 7.64. The van der Waals surface area contributed by atoms with Gasteiger partial charge in [0.1, 0.15) is 0 Å². The van der Waals surface area contributed by atoms with Gasteiger partial charge in [0, 0.05) is 45.5 Å². The number of hydrogen-bond acceptors (Lipinski definition) is 3. The van der Waals surface area contributed by atoms with Crippen LogP contribution >= 0.6 is 0 Å². The standard InChI is InChI=1S/C17H29N3O2S/c1-15(2)19(4)23(21,22)18(3)14-16-8-10-17(11-9-16)20-12-6-5-7-13-20/h8-11,15H,5-7,12-14H2,1-4H3. The summed E-state index contributed by atoms with van der Waals surface area (Å²) in [7, 11) is -0.158. The Hall–Kier alpha value is -1.11. The van der Waals surface area contributed by atoms with Gasteiger partial charge in [-0.05, 0) is 50.8 Å². The first-order valence-electron chi connectivity index (χ1n) is 8.35. The maximum atomic E-state index is 12.4. The lowest BCUT2D eigenvalue weighted by Crippen LogP contribution is -2.42. The minimum atomic E-state index is -3.41. The number of anilines is 1. The molecule has 1 aliphatic heterocycles. The van der Waals surface area contributed by atoms with Gasteiger partial charge in [0.25, 0.3) is 10.2 Å². The molecular weight excluding hydrogens is 310 g/mol. The lowest BCUT2D eigenvalue weighted by atomic mass is 10.1. The average Bonchev–Trinajstić information content (AvgIpc) is 2.55. The molecule has 0 N–H and O–H groups in total. The largest absolute Gasteiger partial charge is 0.372 e. The van der Waals surface area contributed by atoms with E-state index < -0.39 is 10.2 Å². The minimum Gasteiger partial charge on any atom is -0.372 e. The van der Waals surface area contributed by atoms with Gasteiger partial charge in [-0.3, -0.25) is 0 Å². The Balaban J connectivity index is 2.02. The van der Waals surface area contributed by atoms with E-state index in [0.29, 0.717) is 6.54 Å². The van der Waals surface area contributed by atoms with Crippen LogP contribution in [0.3, 0.4) is 0 Å². The zero-order valence-corrected chi connectivity index (χ0v) is 15.5. The van der Waals surface area contributed by atoms with Crippen molar-refractivity contribution in [2.75, 3.05) is 32.1 Å². The van der Waals surface area contributed by atoms with E-state index in [9.17, 15) is 8.42 Å². The zero-order chi connectivity index (χ0) is 17.0. The van der Waals surface area contributed by atoms with Crippen LogP contribution in [0.25, 0.3) is 0 Å². The molecule has 1 aromatic rings. The van der Waals surface area contributed by atoms with E-state index in [-0.39, 0.29) is 6.04 Å². The second-order valence-corrected chi connectivity index (χ2v) is 8.68. The quantitative estimate of drug-likeness (QED) is 0.800. The Bertz CT molecular complexity index is 593. The normalized spacial score (nSPS) is 16.6. The molecular formula is C17H29N3O2S. The van der Waals surface area contributed by atoms with Gasteiger partial charge in [0.15, 0.2) is 0 Å². The first-order valence-corrected chi connectivity index (χ1v) is 9.75. The summed E-state index contributed by atoms with van der Waals surface area (Å²) in [5, 5.41) is 0. The Morgan fingerprint density at radius 2 is 1.61 bits per heavy atom. The molecule has 1 aromatic carbocycles. The van der Waals surface area contributed by atoms with E-state index in [1.54, 1.807) is 14.1 Å². The summed E-state index contributed by atoms with van der Waals surface area (Å²) in [5.74, 6) is 0. The van der Waals surface area contributed by atoms with Gasteiger partial charge in [-0.2, -0.15) is 17.0 Å². The molecule has 1 aliphatic rings. The molecule has 0 aromatic heterocycles. The minimum absolute atomic E-state index is 0.0519. The first-order chi connectivity index (χ1) is 10.8. The molecule has 0 bridgehead atoms. The smallest absolute Gasteiger partial charge is 0.282 e. The maximum absolute atomic E-state index is 12.4. The summed E-state index contributed by atoms with van der Waals surface area (Å²) in [4.78, 5) is 2.40. The van der Waals surface area contributed by atoms with E-state index in [1.807, 2.05) is 26.0 Å². The zero-order valence-electron chi connectivity index (χ0n) is 14.7. The Kier molecular flexibility index (Phi) is 6.06. The molecule has 0 atom stereocenters. The van der Waals surface area contributed by atoms with E-state index >= 15 is 0 Å². The third-order valence-electron chi connectivity index (χ3n) is 4.55. The van der Waals surface area contributed by atoms with Gasteiger partial charge in [0.05, 0.1) is 0 Å². The summed E-state index contributed by atoms with van der Waals surface area (Å²) in [5.41, 5.74) is 2.24. The van der Waals surface area contributed by atoms with Crippen LogP contribution in [0.5, 0.6) is 0 Å². The molecule has 0 unspecified atom stereocenters. The molecule has 5 nitrogen and oxygen atoms in total. The Morgan fingerprint density at radius 1 is 1.04 bits per heavy atom. The summed E-state index contributed by atoms with van der Waals surface area (Å²) >= 11 is 0. The first kappa shape index (κ1) is 18.2. The van der Waals surface area contributed by atoms with Crippen molar-refractivity contribution in [2.45, 2.75) is 45.7 Å². The Morgan fingerprint density at radius 3 is 2.13 bits per heavy atom. The third-order valence-corrected chi connectivity index (χ3v) is 6.61. The fourth-order valence-electron chi connectivity index (χ4n) is 2.79. The van der Waals surface area contributed by atoms with Gasteiger partial charge >= 0.3 is 0 Å². The van der Waals surface area contributed by atoms with Crippen molar-refractivity contribution in [3.8, 4) is 0 Å². The highest BCUT2D eigenvalue weighted by atomic mass is 32.2. The highest BCUT2D eigenvalue weighted by Gasteiger charge is 2.25. The van der Waals surface area contributed by atoms with Crippen molar-refractivity contribution < 1.29 is 8.42 Å². The van der Waals surface area contributed by atoms with Gasteiger partial charge in [-0.15, -0.1) is 0 Å². The molecule has 1 saturated heterocycles. The van der Waals surface area contributed by atoms with Crippen molar-refractivity contribution in [2.24, 2.45) is 0 Å². The van der Waals surface area contributed by atoms with E-state index in [2.05, 4.69) is 17.0 Å². The van der Waals surface area contributed by atoms with Gasteiger partial charge in [-0.25, -0.2) is 0 Å². The molecule has 0 amide bonds. The number of piperidine rings is 1. The number of benzene rings is 1. The summed E-state index contributed by atoms with van der Waals surface area (Å²) in [6.07, 6.45) is 3.83. The number of nitrogens with zero attached hydrogens (tertiary/aromatic N) is 3. The van der Waals surface area contributed by atoms with Crippen molar-refractivity contribution in [1.82, 2.24) is 8.61 Å². The molecule has 1 fully saturated rings. The van der Waals surface area contributed by atoms with E-state index in [1.165, 1.54) is 33.6 Å².